The van der Waals surface area contributed by atoms with Gasteiger partial charge in [-0.15, -0.1) is 11.3 Å². The number of rotatable bonds is 6. The maximum Gasteiger partial charge on any atom is 0.255 e. The van der Waals surface area contributed by atoms with E-state index in [-0.39, 0.29) is 11.5 Å². The van der Waals surface area contributed by atoms with Gasteiger partial charge in [0, 0.05) is 30.8 Å². The Morgan fingerprint density at radius 2 is 2.25 bits per heavy atom. The summed E-state index contributed by atoms with van der Waals surface area (Å²) < 4.78 is 5.05. The number of H-pyrrole nitrogens is 1. The highest BCUT2D eigenvalue weighted by molar-refractivity contribution is 7.09. The molecular weight excluding hydrogens is 276 g/mol. The Kier molecular flexibility index (Phi) is 5.09. The van der Waals surface area contributed by atoms with Crippen molar-refractivity contribution in [1.29, 1.82) is 0 Å². The minimum Gasteiger partial charge on any atom is -0.383 e. The van der Waals surface area contributed by atoms with Crippen molar-refractivity contribution in [2.45, 2.75) is 6.54 Å². The number of aromatic nitrogens is 1. The van der Waals surface area contributed by atoms with Gasteiger partial charge in [0.1, 0.15) is 0 Å². The molecule has 0 atom stereocenters. The molecule has 0 aliphatic heterocycles. The normalized spacial score (nSPS) is 10.4. The van der Waals surface area contributed by atoms with Crippen molar-refractivity contribution in [3.05, 3.63) is 56.6 Å². The molecule has 0 aliphatic rings. The van der Waals surface area contributed by atoms with E-state index in [2.05, 4.69) is 4.98 Å². The maximum absolute atomic E-state index is 12.4. The van der Waals surface area contributed by atoms with Gasteiger partial charge in [0.25, 0.3) is 5.91 Å². The molecule has 5 nitrogen and oxygen atoms in total. The van der Waals surface area contributed by atoms with E-state index in [1.54, 1.807) is 23.3 Å². The molecule has 0 saturated heterocycles. The molecule has 0 saturated carbocycles. The Labute approximate surface area is 120 Å². The summed E-state index contributed by atoms with van der Waals surface area (Å²) in [7, 11) is 1.60. The van der Waals surface area contributed by atoms with E-state index in [9.17, 15) is 9.59 Å². The van der Waals surface area contributed by atoms with Crippen LogP contribution in [0.1, 0.15) is 15.2 Å². The zero-order valence-electron chi connectivity index (χ0n) is 11.2. The quantitative estimate of drug-likeness (QED) is 0.882. The molecule has 0 aliphatic carbocycles. The number of carbonyl (C=O) groups excluding carboxylic acids is 1. The molecule has 0 fully saturated rings. The Hall–Kier alpha value is -1.92. The number of hydrogen-bond acceptors (Lipinski definition) is 4. The van der Waals surface area contributed by atoms with Crippen LogP contribution in [0.25, 0.3) is 0 Å². The molecular formula is C14H16N2O3S. The summed E-state index contributed by atoms with van der Waals surface area (Å²) in [5.41, 5.74) is 0.250. The van der Waals surface area contributed by atoms with E-state index in [0.717, 1.165) is 4.88 Å². The van der Waals surface area contributed by atoms with Crippen molar-refractivity contribution >= 4 is 17.2 Å². The second-order valence-corrected chi connectivity index (χ2v) is 5.27. The van der Waals surface area contributed by atoms with Crippen molar-refractivity contribution in [3.63, 3.8) is 0 Å². The first-order chi connectivity index (χ1) is 9.70. The SMILES string of the molecule is COCCN(Cc1cccs1)C(=O)c1ccc(=O)[nH]c1. The lowest BCUT2D eigenvalue weighted by Crippen LogP contribution is -2.33. The third-order valence-corrected chi connectivity index (χ3v) is 3.67. The average molecular weight is 292 g/mol. The number of amides is 1. The predicted octanol–water partition coefficient (Wildman–Crippen LogP) is 1.73. The van der Waals surface area contributed by atoms with Crippen LogP contribution in [-0.2, 0) is 11.3 Å². The molecule has 2 aromatic heterocycles. The molecule has 1 N–H and O–H groups in total. The molecule has 0 spiro atoms. The van der Waals surface area contributed by atoms with Crippen molar-refractivity contribution in [3.8, 4) is 0 Å². The van der Waals surface area contributed by atoms with Crippen LogP contribution in [0.2, 0.25) is 0 Å². The Morgan fingerprint density at radius 1 is 1.40 bits per heavy atom. The van der Waals surface area contributed by atoms with E-state index in [1.807, 2.05) is 17.5 Å². The summed E-state index contributed by atoms with van der Waals surface area (Å²) in [6, 6.07) is 6.84. The molecule has 2 rings (SSSR count). The predicted molar refractivity (Wildman–Crippen MR) is 78.0 cm³/mol. The highest BCUT2D eigenvalue weighted by Gasteiger charge is 2.16. The lowest BCUT2D eigenvalue weighted by atomic mass is 10.2. The maximum atomic E-state index is 12.4. The standard InChI is InChI=1S/C14H16N2O3S/c1-19-7-6-16(10-12-3-2-8-20-12)14(18)11-4-5-13(17)15-9-11/h2-5,8-9H,6-7,10H2,1H3,(H,15,17). The van der Waals surface area contributed by atoms with Crippen LogP contribution in [0.3, 0.4) is 0 Å². The minimum absolute atomic E-state index is 0.119. The fourth-order valence-electron chi connectivity index (χ4n) is 1.77. The molecule has 1 amide bonds. The lowest BCUT2D eigenvalue weighted by Gasteiger charge is -2.21. The van der Waals surface area contributed by atoms with Gasteiger partial charge in [-0.05, 0) is 17.5 Å². The van der Waals surface area contributed by atoms with Gasteiger partial charge in [0.15, 0.2) is 0 Å². The highest BCUT2D eigenvalue weighted by Crippen LogP contribution is 2.13. The lowest BCUT2D eigenvalue weighted by molar-refractivity contribution is 0.0682. The van der Waals surface area contributed by atoms with Crippen molar-refractivity contribution < 1.29 is 9.53 Å². The molecule has 0 aromatic carbocycles. The third kappa shape index (κ3) is 3.79. The number of hydrogen-bond donors (Lipinski definition) is 1. The molecule has 2 heterocycles. The Bertz CT molecular complexity index is 587. The van der Waals surface area contributed by atoms with E-state index >= 15 is 0 Å². The number of thiophene rings is 1. The molecule has 106 valence electrons. The fourth-order valence-corrected chi connectivity index (χ4v) is 2.49. The van der Waals surface area contributed by atoms with Crippen LogP contribution in [0.15, 0.2) is 40.6 Å². The Balaban J connectivity index is 2.14. The van der Waals surface area contributed by atoms with Gasteiger partial charge < -0.3 is 14.6 Å². The van der Waals surface area contributed by atoms with Crippen LogP contribution < -0.4 is 5.56 Å². The van der Waals surface area contributed by atoms with E-state index < -0.39 is 0 Å². The molecule has 6 heteroatoms. The van der Waals surface area contributed by atoms with Gasteiger partial charge in [-0.2, -0.15) is 0 Å². The monoisotopic (exact) mass is 292 g/mol. The first-order valence-electron chi connectivity index (χ1n) is 6.20. The Morgan fingerprint density at radius 3 is 2.85 bits per heavy atom. The van der Waals surface area contributed by atoms with Crippen LogP contribution in [0.4, 0.5) is 0 Å². The van der Waals surface area contributed by atoms with Gasteiger partial charge in [-0.1, -0.05) is 6.07 Å². The van der Waals surface area contributed by atoms with E-state index in [1.165, 1.54) is 18.3 Å². The van der Waals surface area contributed by atoms with Crippen LogP contribution >= 0.6 is 11.3 Å². The number of methoxy groups -OCH3 is 1. The number of nitrogens with zero attached hydrogens (tertiary/aromatic N) is 1. The summed E-state index contributed by atoms with van der Waals surface area (Å²) in [4.78, 5) is 28.8. The van der Waals surface area contributed by atoms with Crippen LogP contribution in [-0.4, -0.2) is 36.1 Å². The summed E-state index contributed by atoms with van der Waals surface area (Å²) in [6.45, 7) is 1.52. The summed E-state index contributed by atoms with van der Waals surface area (Å²) >= 11 is 1.61. The molecule has 20 heavy (non-hydrogen) atoms. The summed E-state index contributed by atoms with van der Waals surface area (Å²) in [5.74, 6) is -0.119. The van der Waals surface area contributed by atoms with E-state index in [4.69, 9.17) is 4.74 Å². The number of carbonyl (C=O) groups is 1. The number of aromatic amines is 1. The summed E-state index contributed by atoms with van der Waals surface area (Å²) in [5, 5.41) is 1.98. The topological polar surface area (TPSA) is 62.4 Å². The molecule has 0 radical (unpaired) electrons. The number of ether oxygens (including phenoxy) is 1. The zero-order valence-corrected chi connectivity index (χ0v) is 12.0. The first kappa shape index (κ1) is 14.5. The number of nitrogens with one attached hydrogen (secondary N) is 1. The minimum atomic E-state index is -0.219. The zero-order chi connectivity index (χ0) is 14.4. The van der Waals surface area contributed by atoms with Crippen molar-refractivity contribution in [1.82, 2.24) is 9.88 Å². The second kappa shape index (κ2) is 7.02. The third-order valence-electron chi connectivity index (χ3n) is 2.81. The van der Waals surface area contributed by atoms with Gasteiger partial charge in [0.05, 0.1) is 18.7 Å². The van der Waals surface area contributed by atoms with Crippen LogP contribution in [0.5, 0.6) is 0 Å². The van der Waals surface area contributed by atoms with Gasteiger partial charge in [-0.25, -0.2) is 0 Å². The first-order valence-corrected chi connectivity index (χ1v) is 7.08. The fraction of sp³-hybridized carbons (Fsp3) is 0.286. The van der Waals surface area contributed by atoms with Gasteiger partial charge >= 0.3 is 0 Å². The van der Waals surface area contributed by atoms with Gasteiger partial charge in [-0.3, -0.25) is 9.59 Å². The van der Waals surface area contributed by atoms with E-state index in [0.29, 0.717) is 25.3 Å². The largest absolute Gasteiger partial charge is 0.383 e. The van der Waals surface area contributed by atoms with Crippen molar-refractivity contribution in [2.75, 3.05) is 20.3 Å². The van der Waals surface area contributed by atoms with Crippen molar-refractivity contribution in [2.24, 2.45) is 0 Å². The molecule has 2 aromatic rings. The second-order valence-electron chi connectivity index (χ2n) is 4.24. The molecule has 0 bridgehead atoms. The smallest absolute Gasteiger partial charge is 0.255 e. The average Bonchev–Trinajstić information content (AvgIpc) is 2.96. The van der Waals surface area contributed by atoms with Crippen LogP contribution in [0, 0.1) is 0 Å². The van der Waals surface area contributed by atoms with Gasteiger partial charge in [0.2, 0.25) is 5.56 Å². The number of pyridine rings is 1. The highest BCUT2D eigenvalue weighted by atomic mass is 32.1. The molecule has 0 unspecified atom stereocenters. The summed E-state index contributed by atoms with van der Waals surface area (Å²) in [6.07, 6.45) is 1.44.